The summed E-state index contributed by atoms with van der Waals surface area (Å²) in [6.45, 7) is 10.3. The quantitative estimate of drug-likeness (QED) is 0.686. The van der Waals surface area contributed by atoms with Crippen LogP contribution in [0.25, 0.3) is 0 Å². The molecule has 0 aliphatic heterocycles. The Kier molecular flexibility index (Phi) is 3.90. The van der Waals surface area contributed by atoms with Crippen molar-refractivity contribution in [1.82, 2.24) is 0 Å². The third kappa shape index (κ3) is 2.94. The lowest BCUT2D eigenvalue weighted by Gasteiger charge is -2.17. The summed E-state index contributed by atoms with van der Waals surface area (Å²) in [5.41, 5.74) is 1.84. The summed E-state index contributed by atoms with van der Waals surface area (Å²) in [6, 6.07) is 8.06. The van der Waals surface area contributed by atoms with Crippen LogP contribution in [-0.4, -0.2) is 5.78 Å². The molecule has 0 heterocycles. The van der Waals surface area contributed by atoms with Gasteiger partial charge in [0.15, 0.2) is 5.78 Å². The highest BCUT2D eigenvalue weighted by Crippen LogP contribution is 2.23. The number of carbonyl (C=O) groups is 1. The van der Waals surface area contributed by atoms with Gasteiger partial charge in [0.25, 0.3) is 0 Å². The maximum Gasteiger partial charge on any atom is 0.168 e. The van der Waals surface area contributed by atoms with Crippen molar-refractivity contribution in [3.05, 3.63) is 35.4 Å². The Morgan fingerprint density at radius 3 is 2.06 bits per heavy atom. The molecule has 0 aliphatic carbocycles. The lowest BCUT2D eigenvalue weighted by atomic mass is 9.86. The minimum Gasteiger partial charge on any atom is -0.294 e. The molecule has 0 spiro atoms. The minimum absolute atomic E-state index is 0.211. The second-order valence-electron chi connectivity index (χ2n) is 5.51. The highest BCUT2D eigenvalue weighted by molar-refractivity contribution is 5.99. The van der Waals surface area contributed by atoms with Crippen molar-refractivity contribution in [3.8, 4) is 0 Å². The molecular formula is C15H22O. The predicted octanol–water partition coefficient (Wildman–Crippen LogP) is 4.43. The van der Waals surface area contributed by atoms with Crippen molar-refractivity contribution in [1.29, 1.82) is 0 Å². The topological polar surface area (TPSA) is 17.1 Å². The molecule has 16 heavy (non-hydrogen) atoms. The van der Waals surface area contributed by atoms with Crippen molar-refractivity contribution >= 4 is 5.78 Å². The van der Waals surface area contributed by atoms with Gasteiger partial charge in [-0.2, -0.15) is 0 Å². The number of rotatable bonds is 3. The molecule has 1 heteroatoms. The fraction of sp³-hybridized carbons (Fsp3) is 0.533. The fourth-order valence-corrected chi connectivity index (χ4v) is 1.63. The summed E-state index contributed by atoms with van der Waals surface area (Å²) in [4.78, 5) is 12.0. The molecule has 0 fully saturated rings. The normalized spacial score (nSPS) is 13.6. The zero-order chi connectivity index (χ0) is 12.3. The number of Topliss-reactive ketones (excluding diaryl/α,β-unsaturated/α-hetero) is 1. The van der Waals surface area contributed by atoms with E-state index in [2.05, 4.69) is 26.0 Å². The van der Waals surface area contributed by atoms with Gasteiger partial charge in [0.2, 0.25) is 0 Å². The van der Waals surface area contributed by atoms with Crippen molar-refractivity contribution in [2.75, 3.05) is 0 Å². The average molecular weight is 218 g/mol. The van der Waals surface area contributed by atoms with Crippen molar-refractivity contribution in [3.63, 3.8) is 0 Å². The molecule has 1 atom stereocenters. The third-order valence-electron chi connectivity index (χ3n) is 3.04. The molecular weight excluding hydrogens is 196 g/mol. The summed E-state index contributed by atoms with van der Waals surface area (Å²) in [6.07, 6.45) is 1.13. The van der Waals surface area contributed by atoms with Crippen molar-refractivity contribution in [2.45, 2.75) is 47.0 Å². The molecule has 0 N–H and O–H groups in total. The lowest BCUT2D eigenvalue weighted by molar-refractivity contribution is 0.0858. The van der Waals surface area contributed by atoms with E-state index in [0.29, 0.717) is 5.92 Å². The van der Waals surface area contributed by atoms with E-state index in [9.17, 15) is 4.79 Å². The van der Waals surface area contributed by atoms with E-state index in [1.54, 1.807) is 0 Å². The minimum atomic E-state index is -0.294. The molecule has 1 aromatic rings. The Hall–Kier alpha value is -1.11. The van der Waals surface area contributed by atoms with E-state index >= 15 is 0 Å². The molecule has 0 amide bonds. The van der Waals surface area contributed by atoms with Crippen LogP contribution in [0.4, 0.5) is 0 Å². The monoisotopic (exact) mass is 218 g/mol. The van der Waals surface area contributed by atoms with Crippen LogP contribution in [0.3, 0.4) is 0 Å². The summed E-state index contributed by atoms with van der Waals surface area (Å²) in [7, 11) is 0. The van der Waals surface area contributed by atoms with Gasteiger partial charge in [-0.25, -0.2) is 0 Å². The predicted molar refractivity (Wildman–Crippen MR) is 68.9 cm³/mol. The van der Waals surface area contributed by atoms with Gasteiger partial charge in [0.1, 0.15) is 0 Å². The number of hydrogen-bond acceptors (Lipinski definition) is 1. The highest BCUT2D eigenvalue weighted by Gasteiger charge is 2.22. The third-order valence-corrected chi connectivity index (χ3v) is 3.04. The molecule has 0 aromatic heterocycles. The van der Waals surface area contributed by atoms with Crippen LogP contribution in [0, 0.1) is 5.41 Å². The van der Waals surface area contributed by atoms with Crippen LogP contribution < -0.4 is 0 Å². The molecule has 1 unspecified atom stereocenters. The number of carbonyl (C=O) groups excluding carboxylic acids is 1. The maximum atomic E-state index is 12.0. The first-order chi connectivity index (χ1) is 7.36. The van der Waals surface area contributed by atoms with Crippen LogP contribution >= 0.6 is 0 Å². The maximum absolute atomic E-state index is 12.0. The van der Waals surface area contributed by atoms with E-state index in [4.69, 9.17) is 0 Å². The standard InChI is InChI=1S/C15H22O/c1-6-11(2)12-7-9-13(10-8-12)14(16)15(3,4)5/h7-11H,6H2,1-5H3. The number of benzene rings is 1. The van der Waals surface area contributed by atoms with E-state index in [1.165, 1.54) is 5.56 Å². The SMILES string of the molecule is CCC(C)c1ccc(C(=O)C(C)(C)C)cc1. The zero-order valence-corrected chi connectivity index (χ0v) is 11.0. The molecule has 0 radical (unpaired) electrons. The van der Waals surface area contributed by atoms with Crippen molar-refractivity contribution in [2.24, 2.45) is 5.41 Å². The Labute approximate surface area is 98.9 Å². The summed E-state index contributed by atoms with van der Waals surface area (Å²) >= 11 is 0. The lowest BCUT2D eigenvalue weighted by Crippen LogP contribution is -2.20. The van der Waals surface area contributed by atoms with Gasteiger partial charge in [0, 0.05) is 11.0 Å². The Balaban J connectivity index is 2.91. The van der Waals surface area contributed by atoms with Gasteiger partial charge >= 0.3 is 0 Å². The number of hydrogen-bond donors (Lipinski definition) is 0. The average Bonchev–Trinajstić information content (AvgIpc) is 2.26. The van der Waals surface area contributed by atoms with Crippen LogP contribution in [0.2, 0.25) is 0 Å². The van der Waals surface area contributed by atoms with Crippen LogP contribution in [0.5, 0.6) is 0 Å². The van der Waals surface area contributed by atoms with E-state index in [0.717, 1.165) is 12.0 Å². The first-order valence-corrected chi connectivity index (χ1v) is 6.01. The van der Waals surface area contributed by atoms with Crippen LogP contribution in [0.15, 0.2) is 24.3 Å². The summed E-state index contributed by atoms with van der Waals surface area (Å²) in [5.74, 6) is 0.780. The second-order valence-corrected chi connectivity index (χ2v) is 5.51. The van der Waals surface area contributed by atoms with Gasteiger partial charge in [-0.3, -0.25) is 4.79 Å². The van der Waals surface area contributed by atoms with Gasteiger partial charge in [0.05, 0.1) is 0 Å². The van der Waals surface area contributed by atoms with E-state index in [1.807, 2.05) is 32.9 Å². The van der Waals surface area contributed by atoms with Crippen LogP contribution in [0.1, 0.15) is 62.9 Å². The van der Waals surface area contributed by atoms with Crippen molar-refractivity contribution < 1.29 is 4.79 Å². The summed E-state index contributed by atoms with van der Waals surface area (Å²) < 4.78 is 0. The molecule has 88 valence electrons. The van der Waals surface area contributed by atoms with Crippen LogP contribution in [-0.2, 0) is 0 Å². The molecule has 0 saturated heterocycles. The largest absolute Gasteiger partial charge is 0.294 e. The van der Waals surface area contributed by atoms with Gasteiger partial charge in [-0.15, -0.1) is 0 Å². The first-order valence-electron chi connectivity index (χ1n) is 6.01. The fourth-order valence-electron chi connectivity index (χ4n) is 1.63. The second kappa shape index (κ2) is 4.82. The first kappa shape index (κ1) is 13.0. The summed E-state index contributed by atoms with van der Waals surface area (Å²) in [5, 5.41) is 0. The molecule has 0 bridgehead atoms. The molecule has 1 rings (SSSR count). The van der Waals surface area contributed by atoms with E-state index in [-0.39, 0.29) is 11.2 Å². The number of ketones is 1. The highest BCUT2D eigenvalue weighted by atomic mass is 16.1. The molecule has 1 nitrogen and oxygen atoms in total. The Bertz CT molecular complexity index is 354. The Morgan fingerprint density at radius 1 is 1.19 bits per heavy atom. The molecule has 0 aliphatic rings. The van der Waals surface area contributed by atoms with Gasteiger partial charge < -0.3 is 0 Å². The molecule has 1 aromatic carbocycles. The molecule has 0 saturated carbocycles. The Morgan fingerprint density at radius 2 is 1.69 bits per heavy atom. The van der Waals surface area contributed by atoms with Gasteiger partial charge in [-0.05, 0) is 17.9 Å². The van der Waals surface area contributed by atoms with E-state index < -0.39 is 0 Å². The van der Waals surface area contributed by atoms with Gasteiger partial charge in [-0.1, -0.05) is 58.9 Å². The smallest absolute Gasteiger partial charge is 0.168 e. The zero-order valence-electron chi connectivity index (χ0n) is 11.0.